The Bertz CT molecular complexity index is 2080. The van der Waals surface area contributed by atoms with Crippen molar-refractivity contribution in [3.05, 3.63) is 59.2 Å². The lowest BCUT2D eigenvalue weighted by Crippen LogP contribution is -2.62. The lowest BCUT2D eigenvalue weighted by atomic mass is 9.77. The Morgan fingerprint density at radius 3 is 1.57 bits per heavy atom. The zero-order valence-electron chi connectivity index (χ0n) is 47.0. The van der Waals surface area contributed by atoms with Crippen LogP contribution in [0.3, 0.4) is 0 Å². The number of benzene rings is 3. The molecule has 400 valence electrons. The molecule has 3 aromatic carbocycles. The van der Waals surface area contributed by atoms with Crippen molar-refractivity contribution >= 4 is 40.0 Å². The van der Waals surface area contributed by atoms with Crippen LogP contribution < -0.4 is 14.5 Å². The summed E-state index contributed by atoms with van der Waals surface area (Å²) < 4.78 is 13.6. The zero-order chi connectivity index (χ0) is 51.3. The Morgan fingerprint density at radius 1 is 0.625 bits per heavy atom. The van der Waals surface area contributed by atoms with Crippen LogP contribution in [0.25, 0.3) is 10.8 Å². The number of carbonyl (C=O) groups excluding carboxylic acids is 1. The quantitative estimate of drug-likeness (QED) is 0.0417. The fraction of sp³-hybridized carbons (Fsp3) is 0.708. The van der Waals surface area contributed by atoms with Gasteiger partial charge in [-0.15, -0.1) is 0 Å². The Kier molecular flexibility index (Phi) is 27.0. The highest BCUT2D eigenvalue weighted by Gasteiger charge is 2.60. The second-order valence-corrected chi connectivity index (χ2v) is 22.8. The molecular weight excluding hydrogens is 885 g/mol. The minimum Gasteiger partial charge on any atom is -0.461 e. The Balaban J connectivity index is 1.11. The van der Waals surface area contributed by atoms with Crippen molar-refractivity contribution in [3.8, 4) is 11.8 Å². The number of carbonyl (C=O) groups is 1. The molecule has 0 bridgehead atoms. The maximum atomic E-state index is 13.4. The van der Waals surface area contributed by atoms with E-state index in [2.05, 4.69) is 75.9 Å². The van der Waals surface area contributed by atoms with Gasteiger partial charge in [0.05, 0.1) is 23.3 Å². The summed E-state index contributed by atoms with van der Waals surface area (Å²) in [4.78, 5) is 23.3. The van der Waals surface area contributed by atoms with E-state index in [0.29, 0.717) is 17.7 Å². The fourth-order valence-corrected chi connectivity index (χ4v) is 11.5. The molecule has 2 heterocycles. The molecule has 1 atom stereocenters. The minimum absolute atomic E-state index is 0.0931. The SMILES string of the molecule is CCCCCCCCCCCCCCCCCCCCCC(=O)OCc1cc2cc(C#N)ccc2c2c1OC1(C=N2)N(CCCCCCCCCCCCCCCCCC)c2ccc(N(C)C)cc2C1(C)C. The predicted octanol–water partition coefficient (Wildman–Crippen LogP) is 19.5. The van der Waals surface area contributed by atoms with Crippen molar-refractivity contribution in [2.45, 2.75) is 277 Å². The number of anilines is 2. The number of hydrogen-bond donors (Lipinski definition) is 0. The molecule has 0 fully saturated rings. The van der Waals surface area contributed by atoms with Gasteiger partial charge in [-0.25, -0.2) is 0 Å². The zero-order valence-corrected chi connectivity index (χ0v) is 47.0. The summed E-state index contributed by atoms with van der Waals surface area (Å²) in [6, 6.07) is 16.9. The van der Waals surface area contributed by atoms with Crippen molar-refractivity contribution < 1.29 is 14.3 Å². The first-order valence-electron chi connectivity index (χ1n) is 30.2. The third-order valence-corrected chi connectivity index (χ3v) is 16.3. The summed E-state index contributed by atoms with van der Waals surface area (Å²) in [6.07, 6.45) is 49.1. The second kappa shape index (κ2) is 33.0. The molecule has 0 saturated carbocycles. The number of nitriles is 1. The molecule has 7 heteroatoms. The number of ether oxygens (including phenoxy) is 2. The molecule has 0 N–H and O–H groups in total. The van der Waals surface area contributed by atoms with Crippen LogP contribution in [0.5, 0.6) is 5.75 Å². The van der Waals surface area contributed by atoms with Gasteiger partial charge in [0.1, 0.15) is 12.3 Å². The van der Waals surface area contributed by atoms with E-state index in [0.717, 1.165) is 53.5 Å². The Labute approximate surface area is 440 Å². The van der Waals surface area contributed by atoms with E-state index in [1.54, 1.807) is 0 Å². The predicted molar refractivity (Wildman–Crippen MR) is 309 cm³/mol. The average molecular weight is 988 g/mol. The highest BCUT2D eigenvalue weighted by Crippen LogP contribution is 2.56. The maximum absolute atomic E-state index is 13.4. The van der Waals surface area contributed by atoms with E-state index in [1.165, 1.54) is 217 Å². The summed E-state index contributed by atoms with van der Waals surface area (Å²) >= 11 is 0. The highest BCUT2D eigenvalue weighted by molar-refractivity contribution is 6.01. The normalized spacial score (nSPS) is 15.5. The lowest BCUT2D eigenvalue weighted by molar-refractivity contribution is -0.145. The number of fused-ring (bicyclic) bond motifs is 4. The third-order valence-electron chi connectivity index (χ3n) is 16.3. The first-order chi connectivity index (χ1) is 35.2. The molecule has 2 aliphatic rings. The van der Waals surface area contributed by atoms with Gasteiger partial charge in [0, 0.05) is 49.4 Å². The van der Waals surface area contributed by atoms with Gasteiger partial charge in [-0.1, -0.05) is 232 Å². The van der Waals surface area contributed by atoms with Crippen LogP contribution in [-0.4, -0.2) is 38.5 Å². The molecule has 3 aromatic rings. The van der Waals surface area contributed by atoms with Crippen molar-refractivity contribution in [1.82, 2.24) is 0 Å². The van der Waals surface area contributed by atoms with E-state index in [4.69, 9.17) is 14.5 Å². The fourth-order valence-electron chi connectivity index (χ4n) is 11.5. The Morgan fingerprint density at radius 2 is 1.10 bits per heavy atom. The van der Waals surface area contributed by atoms with Gasteiger partial charge in [0.15, 0.2) is 5.75 Å². The van der Waals surface area contributed by atoms with E-state index in [-0.39, 0.29) is 12.6 Å². The molecule has 7 nitrogen and oxygen atoms in total. The smallest absolute Gasteiger partial charge is 0.306 e. The van der Waals surface area contributed by atoms with Crippen LogP contribution >= 0.6 is 0 Å². The molecule has 0 amide bonds. The number of rotatable bonds is 40. The molecule has 1 unspecified atom stereocenters. The van der Waals surface area contributed by atoms with Gasteiger partial charge < -0.3 is 19.3 Å². The number of esters is 1. The molecule has 72 heavy (non-hydrogen) atoms. The minimum atomic E-state index is -0.894. The Hall–Kier alpha value is -4.05. The summed E-state index contributed by atoms with van der Waals surface area (Å²) in [5.74, 6) is 0.488. The van der Waals surface area contributed by atoms with Gasteiger partial charge in [-0.05, 0) is 74.0 Å². The molecule has 1 spiro atoms. The van der Waals surface area contributed by atoms with Crippen LogP contribution in [0.4, 0.5) is 17.1 Å². The van der Waals surface area contributed by atoms with E-state index in [9.17, 15) is 10.1 Å². The van der Waals surface area contributed by atoms with E-state index < -0.39 is 11.1 Å². The second-order valence-electron chi connectivity index (χ2n) is 22.8. The van der Waals surface area contributed by atoms with E-state index in [1.807, 2.05) is 30.5 Å². The molecule has 2 aliphatic heterocycles. The average Bonchev–Trinajstić information content (AvgIpc) is 3.55. The first kappa shape index (κ1) is 58.8. The van der Waals surface area contributed by atoms with Gasteiger partial charge in [0.2, 0.25) is 5.72 Å². The summed E-state index contributed by atoms with van der Waals surface area (Å²) in [6.45, 7) is 10.1. The van der Waals surface area contributed by atoms with Crippen LogP contribution in [0.1, 0.15) is 276 Å². The van der Waals surface area contributed by atoms with Crippen LogP contribution in [0.15, 0.2) is 47.5 Å². The van der Waals surface area contributed by atoms with Crippen LogP contribution in [0.2, 0.25) is 0 Å². The number of nitrogens with zero attached hydrogens (tertiary/aromatic N) is 4. The lowest BCUT2D eigenvalue weighted by Gasteiger charge is -2.46. The summed E-state index contributed by atoms with van der Waals surface area (Å²) in [7, 11) is 4.20. The molecule has 0 radical (unpaired) electrons. The molecule has 5 rings (SSSR count). The standard InChI is InChI=1S/C65H102N4O3/c1-7-9-11-13-15-17-19-21-23-25-26-27-28-30-32-34-36-38-40-42-61(70)71-52-56-49-55-48-54(51-66)43-45-58(55)62-63(56)72-65(53-67-62)64(3,4)59-50-57(68(5)6)44-46-60(59)69(65)47-41-39-37-35-33-31-29-24-22-20-18-16-14-12-10-8-2/h43-46,48-50,53H,7-42,47,52H2,1-6H3. The molecule has 0 aromatic heterocycles. The van der Waals surface area contributed by atoms with E-state index >= 15 is 0 Å². The largest absolute Gasteiger partial charge is 0.461 e. The van der Waals surface area contributed by atoms with Gasteiger partial charge in [0.25, 0.3) is 0 Å². The van der Waals surface area contributed by atoms with Crippen molar-refractivity contribution in [2.24, 2.45) is 4.99 Å². The van der Waals surface area contributed by atoms with Crippen molar-refractivity contribution in [1.29, 1.82) is 5.26 Å². The molecule has 0 aliphatic carbocycles. The topological polar surface area (TPSA) is 78.2 Å². The number of aliphatic imine (C=N–C) groups is 1. The van der Waals surface area contributed by atoms with Crippen LogP contribution in [-0.2, 0) is 21.6 Å². The summed E-state index contributed by atoms with van der Waals surface area (Å²) in [5, 5.41) is 11.6. The van der Waals surface area contributed by atoms with Crippen molar-refractivity contribution in [3.63, 3.8) is 0 Å². The highest BCUT2D eigenvalue weighted by atomic mass is 16.5. The first-order valence-corrected chi connectivity index (χ1v) is 30.2. The van der Waals surface area contributed by atoms with Crippen molar-refractivity contribution in [2.75, 3.05) is 30.4 Å². The molecule has 0 saturated heterocycles. The van der Waals surface area contributed by atoms with Gasteiger partial charge in [-0.3, -0.25) is 9.79 Å². The monoisotopic (exact) mass is 987 g/mol. The van der Waals surface area contributed by atoms with Crippen LogP contribution in [0, 0.1) is 11.3 Å². The van der Waals surface area contributed by atoms with Gasteiger partial charge in [-0.2, -0.15) is 5.26 Å². The number of unbranched alkanes of at least 4 members (excludes halogenated alkanes) is 33. The third kappa shape index (κ3) is 18.1. The summed E-state index contributed by atoms with van der Waals surface area (Å²) in [5.41, 5.74) is 4.33. The number of hydrogen-bond acceptors (Lipinski definition) is 7. The molecular formula is C65H102N4O3. The maximum Gasteiger partial charge on any atom is 0.306 e. The van der Waals surface area contributed by atoms with Gasteiger partial charge >= 0.3 is 5.97 Å².